The number of nitrogens with zero attached hydrogens (tertiary/aromatic N) is 1. The molecule has 1 aliphatic heterocycles. The molecule has 1 saturated heterocycles. The summed E-state index contributed by atoms with van der Waals surface area (Å²) in [6.07, 6.45) is 1.43. The summed E-state index contributed by atoms with van der Waals surface area (Å²) in [7, 11) is 1.58. The zero-order valence-electron chi connectivity index (χ0n) is 17.5. The topological polar surface area (TPSA) is 101 Å². The van der Waals surface area contributed by atoms with Crippen LogP contribution in [0.2, 0.25) is 0 Å². The van der Waals surface area contributed by atoms with E-state index in [4.69, 9.17) is 9.15 Å². The number of anilines is 1. The number of aryl methyl sites for hydroxylation is 1. The minimum absolute atomic E-state index is 0.0323. The molecule has 162 valence electrons. The lowest BCUT2D eigenvalue weighted by Gasteiger charge is -2.12. The molecule has 0 spiro atoms. The lowest BCUT2D eigenvalue weighted by atomic mass is 10.2. The molecule has 3 aromatic rings. The van der Waals surface area contributed by atoms with E-state index in [1.807, 2.05) is 43.3 Å². The second kappa shape index (κ2) is 8.81. The Labute approximate surface area is 184 Å². The Morgan fingerprint density at radius 2 is 1.94 bits per heavy atom. The Morgan fingerprint density at radius 1 is 1.12 bits per heavy atom. The first-order valence-electron chi connectivity index (χ1n) is 9.88. The second-order valence-electron chi connectivity index (χ2n) is 7.23. The van der Waals surface area contributed by atoms with Crippen LogP contribution in [0.15, 0.2) is 70.8 Å². The van der Waals surface area contributed by atoms with Crippen LogP contribution >= 0.6 is 0 Å². The largest absolute Gasteiger partial charge is 0.497 e. The second-order valence-corrected chi connectivity index (χ2v) is 7.23. The summed E-state index contributed by atoms with van der Waals surface area (Å²) in [4.78, 5) is 38.1. The SMILES string of the molecule is COc1cccc(-c2ccc(/C=C3\NC(=O)N(CC(=O)Nc4cccc(C)c4)C3=O)o2)c1. The molecule has 8 nitrogen and oxygen atoms in total. The van der Waals surface area contributed by atoms with Crippen LogP contribution in [-0.2, 0) is 9.59 Å². The Bertz CT molecular complexity index is 1230. The molecule has 0 saturated carbocycles. The van der Waals surface area contributed by atoms with Gasteiger partial charge in [-0.05, 0) is 48.9 Å². The van der Waals surface area contributed by atoms with Crippen LogP contribution in [-0.4, -0.2) is 36.4 Å². The predicted molar refractivity (Wildman–Crippen MR) is 119 cm³/mol. The molecule has 32 heavy (non-hydrogen) atoms. The van der Waals surface area contributed by atoms with Crippen LogP contribution in [0.3, 0.4) is 0 Å². The van der Waals surface area contributed by atoms with E-state index >= 15 is 0 Å². The van der Waals surface area contributed by atoms with Crippen LogP contribution in [0, 0.1) is 6.92 Å². The average Bonchev–Trinajstić information content (AvgIpc) is 3.34. The van der Waals surface area contributed by atoms with Crippen molar-refractivity contribution in [3.8, 4) is 17.1 Å². The zero-order chi connectivity index (χ0) is 22.7. The van der Waals surface area contributed by atoms with Gasteiger partial charge in [-0.15, -0.1) is 0 Å². The highest BCUT2D eigenvalue weighted by Gasteiger charge is 2.35. The first kappa shape index (κ1) is 20.9. The summed E-state index contributed by atoms with van der Waals surface area (Å²) >= 11 is 0. The van der Waals surface area contributed by atoms with Crippen molar-refractivity contribution in [3.05, 3.63) is 77.7 Å². The lowest BCUT2D eigenvalue weighted by Crippen LogP contribution is -2.38. The van der Waals surface area contributed by atoms with Crippen molar-refractivity contribution in [2.75, 3.05) is 19.0 Å². The van der Waals surface area contributed by atoms with E-state index in [9.17, 15) is 14.4 Å². The predicted octanol–water partition coefficient (Wildman–Crippen LogP) is 3.80. The fraction of sp³-hybridized carbons (Fsp3) is 0.125. The highest BCUT2D eigenvalue weighted by atomic mass is 16.5. The number of hydrogen-bond acceptors (Lipinski definition) is 5. The lowest BCUT2D eigenvalue weighted by molar-refractivity contribution is -0.127. The number of benzene rings is 2. The maximum atomic E-state index is 12.7. The third-order valence-corrected chi connectivity index (χ3v) is 4.83. The summed E-state index contributed by atoms with van der Waals surface area (Å²) in [5.74, 6) is 0.587. The number of imide groups is 1. The van der Waals surface area contributed by atoms with Crippen molar-refractivity contribution in [1.82, 2.24) is 10.2 Å². The van der Waals surface area contributed by atoms with Crippen molar-refractivity contribution in [3.63, 3.8) is 0 Å². The highest BCUT2D eigenvalue weighted by molar-refractivity contribution is 6.15. The third-order valence-electron chi connectivity index (χ3n) is 4.83. The molecule has 0 radical (unpaired) electrons. The van der Waals surface area contributed by atoms with E-state index in [1.54, 1.807) is 31.4 Å². The Kier molecular flexibility index (Phi) is 5.76. The summed E-state index contributed by atoms with van der Waals surface area (Å²) in [6, 6.07) is 17.4. The maximum absolute atomic E-state index is 12.7. The van der Waals surface area contributed by atoms with Gasteiger partial charge in [0.05, 0.1) is 7.11 Å². The Hall–Kier alpha value is -4.33. The molecule has 2 heterocycles. The number of carbonyl (C=O) groups is 3. The standard InChI is InChI=1S/C24H21N3O5/c1-15-5-3-7-17(11-15)25-22(28)14-27-23(29)20(26-24(27)30)13-19-9-10-21(32-19)16-6-4-8-18(12-16)31-2/h3-13H,14H2,1-2H3,(H,25,28)(H,26,30)/b20-13-. The Balaban J connectivity index is 1.45. The third kappa shape index (κ3) is 4.54. The minimum Gasteiger partial charge on any atom is -0.497 e. The fourth-order valence-electron chi connectivity index (χ4n) is 3.29. The van der Waals surface area contributed by atoms with Gasteiger partial charge in [0.15, 0.2) is 0 Å². The normalized spacial score (nSPS) is 14.6. The molecular weight excluding hydrogens is 410 g/mol. The Morgan fingerprint density at radius 3 is 2.72 bits per heavy atom. The number of carbonyl (C=O) groups excluding carboxylic acids is 3. The summed E-state index contributed by atoms with van der Waals surface area (Å²) in [5, 5.41) is 5.17. The first-order chi connectivity index (χ1) is 15.4. The number of urea groups is 1. The monoisotopic (exact) mass is 431 g/mol. The van der Waals surface area contributed by atoms with Crippen molar-refractivity contribution < 1.29 is 23.5 Å². The molecule has 1 aromatic heterocycles. The van der Waals surface area contributed by atoms with Gasteiger partial charge in [-0.2, -0.15) is 0 Å². The van der Waals surface area contributed by atoms with Crippen LogP contribution in [0.25, 0.3) is 17.4 Å². The summed E-state index contributed by atoms with van der Waals surface area (Å²) in [5.41, 5.74) is 2.42. The molecule has 1 fully saturated rings. The molecule has 0 unspecified atom stereocenters. The number of hydrogen-bond donors (Lipinski definition) is 2. The van der Waals surface area contributed by atoms with Crippen LogP contribution in [0.4, 0.5) is 10.5 Å². The van der Waals surface area contributed by atoms with Gasteiger partial charge in [0, 0.05) is 17.3 Å². The minimum atomic E-state index is -0.666. The van der Waals surface area contributed by atoms with Crippen LogP contribution in [0.5, 0.6) is 5.75 Å². The van der Waals surface area contributed by atoms with Gasteiger partial charge in [-0.25, -0.2) is 9.69 Å². The van der Waals surface area contributed by atoms with Crippen LogP contribution in [0.1, 0.15) is 11.3 Å². The number of rotatable bonds is 6. The zero-order valence-corrected chi connectivity index (χ0v) is 17.5. The number of methoxy groups -OCH3 is 1. The maximum Gasteiger partial charge on any atom is 0.329 e. The van der Waals surface area contributed by atoms with E-state index < -0.39 is 24.4 Å². The van der Waals surface area contributed by atoms with E-state index in [0.29, 0.717) is 23.0 Å². The van der Waals surface area contributed by atoms with Crippen molar-refractivity contribution in [2.24, 2.45) is 0 Å². The van der Waals surface area contributed by atoms with Gasteiger partial charge < -0.3 is 19.8 Å². The summed E-state index contributed by atoms with van der Waals surface area (Å²) < 4.78 is 11.0. The molecule has 1 aliphatic rings. The first-order valence-corrected chi connectivity index (χ1v) is 9.88. The van der Waals surface area contributed by atoms with Crippen molar-refractivity contribution >= 4 is 29.6 Å². The number of ether oxygens (including phenoxy) is 1. The molecular formula is C24H21N3O5. The quantitative estimate of drug-likeness (QED) is 0.457. The molecule has 0 aliphatic carbocycles. The molecule has 2 N–H and O–H groups in total. The number of furan rings is 1. The smallest absolute Gasteiger partial charge is 0.329 e. The molecule has 8 heteroatoms. The van der Waals surface area contributed by atoms with Gasteiger partial charge >= 0.3 is 6.03 Å². The van der Waals surface area contributed by atoms with Gasteiger partial charge in [-0.1, -0.05) is 24.3 Å². The van der Waals surface area contributed by atoms with Crippen molar-refractivity contribution in [2.45, 2.75) is 6.92 Å². The van der Waals surface area contributed by atoms with E-state index in [1.165, 1.54) is 6.08 Å². The van der Waals surface area contributed by atoms with E-state index in [-0.39, 0.29) is 5.70 Å². The van der Waals surface area contributed by atoms with E-state index in [2.05, 4.69) is 10.6 Å². The van der Waals surface area contributed by atoms with Crippen molar-refractivity contribution in [1.29, 1.82) is 0 Å². The van der Waals surface area contributed by atoms with Gasteiger partial charge in [0.25, 0.3) is 5.91 Å². The molecule has 4 rings (SSSR count). The fourth-order valence-corrected chi connectivity index (χ4v) is 3.29. The molecule has 2 aromatic carbocycles. The number of amides is 4. The molecule has 0 atom stereocenters. The van der Waals surface area contributed by atoms with Gasteiger partial charge in [0.2, 0.25) is 5.91 Å². The molecule has 4 amide bonds. The average molecular weight is 431 g/mol. The van der Waals surface area contributed by atoms with Gasteiger partial charge in [-0.3, -0.25) is 9.59 Å². The molecule has 0 bridgehead atoms. The number of nitrogens with one attached hydrogen (secondary N) is 2. The van der Waals surface area contributed by atoms with Crippen LogP contribution < -0.4 is 15.4 Å². The van der Waals surface area contributed by atoms with E-state index in [0.717, 1.165) is 16.0 Å². The highest BCUT2D eigenvalue weighted by Crippen LogP contribution is 2.27. The van der Waals surface area contributed by atoms with Gasteiger partial charge in [0.1, 0.15) is 29.5 Å². The summed E-state index contributed by atoms with van der Waals surface area (Å²) in [6.45, 7) is 1.50.